The Morgan fingerprint density at radius 3 is 2.73 bits per heavy atom. The SMILES string of the molecule is CNC1(CCCN(C)C)C=CC(N)=CC1. The first-order chi connectivity index (χ1) is 7.08. The van der Waals surface area contributed by atoms with Crippen molar-refractivity contribution in [2.45, 2.75) is 24.8 Å². The maximum absolute atomic E-state index is 5.73. The van der Waals surface area contributed by atoms with Crippen LogP contribution in [0.1, 0.15) is 19.3 Å². The lowest BCUT2D eigenvalue weighted by Crippen LogP contribution is -2.42. The fourth-order valence-electron chi connectivity index (χ4n) is 1.90. The molecule has 0 aromatic heterocycles. The molecule has 0 aromatic rings. The van der Waals surface area contributed by atoms with Crippen molar-refractivity contribution < 1.29 is 0 Å². The second kappa shape index (κ2) is 5.33. The standard InChI is InChI=1S/C12H23N3/c1-14-12(7-4-10-15(2)3)8-5-11(13)6-9-12/h5-6,8,14H,4,7,9-10,13H2,1-3H3. The topological polar surface area (TPSA) is 41.3 Å². The fraction of sp³-hybridized carbons (Fsp3) is 0.667. The quantitative estimate of drug-likeness (QED) is 0.712. The van der Waals surface area contributed by atoms with Crippen LogP contribution in [0.25, 0.3) is 0 Å². The lowest BCUT2D eigenvalue weighted by Gasteiger charge is -2.32. The van der Waals surface area contributed by atoms with E-state index in [2.05, 4.69) is 36.5 Å². The maximum atomic E-state index is 5.73. The summed E-state index contributed by atoms with van der Waals surface area (Å²) < 4.78 is 0. The van der Waals surface area contributed by atoms with Gasteiger partial charge in [-0.2, -0.15) is 0 Å². The van der Waals surface area contributed by atoms with Crippen molar-refractivity contribution in [2.24, 2.45) is 5.73 Å². The van der Waals surface area contributed by atoms with Gasteiger partial charge in [0.1, 0.15) is 0 Å². The van der Waals surface area contributed by atoms with E-state index in [1.165, 1.54) is 6.42 Å². The van der Waals surface area contributed by atoms with Crippen LogP contribution in [-0.4, -0.2) is 38.1 Å². The molecule has 0 saturated carbocycles. The first-order valence-electron chi connectivity index (χ1n) is 5.56. The highest BCUT2D eigenvalue weighted by Gasteiger charge is 2.25. The van der Waals surface area contributed by atoms with Crippen molar-refractivity contribution >= 4 is 0 Å². The number of nitrogens with two attached hydrogens (primary N) is 1. The molecule has 86 valence electrons. The van der Waals surface area contributed by atoms with Gasteiger partial charge in [0, 0.05) is 11.2 Å². The van der Waals surface area contributed by atoms with Crippen LogP contribution in [0, 0.1) is 0 Å². The van der Waals surface area contributed by atoms with E-state index in [-0.39, 0.29) is 5.54 Å². The third-order valence-corrected chi connectivity index (χ3v) is 3.02. The van der Waals surface area contributed by atoms with Gasteiger partial charge in [-0.25, -0.2) is 0 Å². The monoisotopic (exact) mass is 209 g/mol. The molecule has 1 aliphatic rings. The van der Waals surface area contributed by atoms with Crippen LogP contribution in [0.15, 0.2) is 23.9 Å². The van der Waals surface area contributed by atoms with Crippen LogP contribution >= 0.6 is 0 Å². The molecule has 0 aliphatic heterocycles. The molecule has 1 unspecified atom stereocenters. The minimum Gasteiger partial charge on any atom is -0.399 e. The molecule has 0 heterocycles. The first kappa shape index (κ1) is 12.3. The number of nitrogens with one attached hydrogen (secondary N) is 1. The van der Waals surface area contributed by atoms with Gasteiger partial charge in [0.25, 0.3) is 0 Å². The largest absolute Gasteiger partial charge is 0.399 e. The Kier molecular flexibility index (Phi) is 4.36. The highest BCUT2D eigenvalue weighted by atomic mass is 15.0. The third-order valence-electron chi connectivity index (χ3n) is 3.02. The average molecular weight is 209 g/mol. The van der Waals surface area contributed by atoms with Crippen molar-refractivity contribution in [3.05, 3.63) is 23.9 Å². The molecule has 0 bridgehead atoms. The lowest BCUT2D eigenvalue weighted by atomic mass is 9.86. The Balaban J connectivity index is 2.45. The van der Waals surface area contributed by atoms with E-state index in [1.54, 1.807) is 0 Å². The normalized spacial score (nSPS) is 25.7. The minimum atomic E-state index is 0.124. The molecule has 0 saturated heterocycles. The van der Waals surface area contributed by atoms with Crippen LogP contribution in [0.5, 0.6) is 0 Å². The van der Waals surface area contributed by atoms with Crippen LogP contribution in [0.3, 0.4) is 0 Å². The van der Waals surface area contributed by atoms with Gasteiger partial charge in [0.05, 0.1) is 0 Å². The molecule has 3 nitrogen and oxygen atoms in total. The molecule has 0 fully saturated rings. The number of allylic oxidation sites excluding steroid dienone is 1. The van der Waals surface area contributed by atoms with Crippen molar-refractivity contribution in [1.29, 1.82) is 0 Å². The summed E-state index contributed by atoms with van der Waals surface area (Å²) >= 11 is 0. The van der Waals surface area contributed by atoms with Crippen molar-refractivity contribution in [3.8, 4) is 0 Å². The van der Waals surface area contributed by atoms with E-state index in [0.717, 1.165) is 25.1 Å². The highest BCUT2D eigenvalue weighted by molar-refractivity contribution is 5.27. The van der Waals surface area contributed by atoms with Crippen molar-refractivity contribution in [3.63, 3.8) is 0 Å². The van der Waals surface area contributed by atoms with E-state index in [9.17, 15) is 0 Å². The molecular weight excluding hydrogens is 186 g/mol. The summed E-state index contributed by atoms with van der Waals surface area (Å²) in [5.74, 6) is 0. The van der Waals surface area contributed by atoms with Crippen LogP contribution in [0.4, 0.5) is 0 Å². The molecule has 3 heteroatoms. The molecule has 15 heavy (non-hydrogen) atoms. The predicted octanol–water partition coefficient (Wildman–Crippen LogP) is 1.09. The zero-order valence-corrected chi connectivity index (χ0v) is 10.1. The molecule has 0 aromatic carbocycles. The van der Waals surface area contributed by atoms with E-state index >= 15 is 0 Å². The van der Waals surface area contributed by atoms with Gasteiger partial charge in [-0.05, 0) is 53.0 Å². The summed E-state index contributed by atoms with van der Waals surface area (Å²) in [6.45, 7) is 1.14. The summed E-state index contributed by atoms with van der Waals surface area (Å²) in [4.78, 5) is 2.22. The second-order valence-electron chi connectivity index (χ2n) is 4.55. The Morgan fingerprint density at radius 2 is 2.27 bits per heavy atom. The minimum absolute atomic E-state index is 0.124. The predicted molar refractivity (Wildman–Crippen MR) is 65.6 cm³/mol. The van der Waals surface area contributed by atoms with Crippen LogP contribution < -0.4 is 11.1 Å². The van der Waals surface area contributed by atoms with Crippen LogP contribution in [0.2, 0.25) is 0 Å². The van der Waals surface area contributed by atoms with Gasteiger partial charge in [0.2, 0.25) is 0 Å². The third kappa shape index (κ3) is 3.68. The van der Waals surface area contributed by atoms with Crippen molar-refractivity contribution in [1.82, 2.24) is 10.2 Å². The second-order valence-corrected chi connectivity index (χ2v) is 4.55. The fourth-order valence-corrected chi connectivity index (χ4v) is 1.90. The van der Waals surface area contributed by atoms with Gasteiger partial charge in [-0.15, -0.1) is 0 Å². The number of rotatable bonds is 5. The molecule has 0 radical (unpaired) electrons. The van der Waals surface area contributed by atoms with Gasteiger partial charge >= 0.3 is 0 Å². The molecule has 1 rings (SSSR count). The van der Waals surface area contributed by atoms with Crippen LogP contribution in [-0.2, 0) is 0 Å². The highest BCUT2D eigenvalue weighted by Crippen LogP contribution is 2.24. The molecule has 1 atom stereocenters. The number of hydrogen-bond acceptors (Lipinski definition) is 3. The maximum Gasteiger partial charge on any atom is 0.0401 e. The molecule has 1 aliphatic carbocycles. The Labute approximate surface area is 93.0 Å². The summed E-state index contributed by atoms with van der Waals surface area (Å²) in [5.41, 5.74) is 6.73. The molecule has 0 amide bonds. The number of hydrogen-bond donors (Lipinski definition) is 2. The zero-order valence-electron chi connectivity index (χ0n) is 10.1. The van der Waals surface area contributed by atoms with E-state index in [4.69, 9.17) is 5.73 Å². The van der Waals surface area contributed by atoms with E-state index < -0.39 is 0 Å². The summed E-state index contributed by atoms with van der Waals surface area (Å²) in [5, 5.41) is 3.41. The Hall–Kier alpha value is -0.800. The Bertz CT molecular complexity index is 256. The molecule has 0 spiro atoms. The average Bonchev–Trinajstić information content (AvgIpc) is 2.21. The van der Waals surface area contributed by atoms with Gasteiger partial charge < -0.3 is 16.0 Å². The summed E-state index contributed by atoms with van der Waals surface area (Å²) in [6.07, 6.45) is 9.67. The van der Waals surface area contributed by atoms with Gasteiger partial charge in [-0.1, -0.05) is 12.2 Å². The lowest BCUT2D eigenvalue weighted by molar-refractivity contribution is 0.339. The summed E-state index contributed by atoms with van der Waals surface area (Å²) in [6, 6.07) is 0. The zero-order chi connectivity index (χ0) is 11.3. The number of likely N-dealkylation sites (N-methyl/N-ethyl adjacent to an activating group) is 1. The first-order valence-corrected chi connectivity index (χ1v) is 5.56. The molecule has 3 N–H and O–H groups in total. The van der Waals surface area contributed by atoms with Gasteiger partial charge in [0.15, 0.2) is 0 Å². The number of nitrogens with zero attached hydrogens (tertiary/aromatic N) is 1. The van der Waals surface area contributed by atoms with Crippen molar-refractivity contribution in [2.75, 3.05) is 27.7 Å². The van der Waals surface area contributed by atoms with E-state index in [1.807, 2.05) is 13.1 Å². The van der Waals surface area contributed by atoms with Gasteiger partial charge in [-0.3, -0.25) is 0 Å². The Morgan fingerprint density at radius 1 is 1.53 bits per heavy atom. The smallest absolute Gasteiger partial charge is 0.0401 e. The summed E-state index contributed by atoms with van der Waals surface area (Å²) in [7, 11) is 6.25. The molecular formula is C12H23N3. The van der Waals surface area contributed by atoms with E-state index in [0.29, 0.717) is 0 Å².